The number of carbonyl (C=O) groups excluding carboxylic acids is 1. The summed E-state index contributed by atoms with van der Waals surface area (Å²) in [4.78, 5) is 11.8. The number of amides is 1. The molecule has 6 nitrogen and oxygen atoms in total. The van der Waals surface area contributed by atoms with Gasteiger partial charge in [0.15, 0.2) is 0 Å². The van der Waals surface area contributed by atoms with Gasteiger partial charge in [0, 0.05) is 5.69 Å². The lowest BCUT2D eigenvalue weighted by Crippen LogP contribution is -2.13. The number of benzene rings is 1. The average molecular weight is 315 g/mol. The molecule has 22 heavy (non-hydrogen) atoms. The molecule has 7 heteroatoms. The van der Waals surface area contributed by atoms with E-state index in [1.165, 1.54) is 11.8 Å². The summed E-state index contributed by atoms with van der Waals surface area (Å²) in [5, 5.41) is 11.0. The first kappa shape index (κ1) is 14.4. The summed E-state index contributed by atoms with van der Waals surface area (Å²) in [6.07, 6.45) is 1.56. The molecule has 0 spiro atoms. The van der Waals surface area contributed by atoms with Gasteiger partial charge in [-0.3, -0.25) is 4.79 Å². The van der Waals surface area contributed by atoms with Crippen molar-refractivity contribution in [2.75, 3.05) is 11.1 Å². The first-order valence-corrected chi connectivity index (χ1v) is 7.56. The number of furan rings is 1. The molecule has 0 radical (unpaired) electrons. The second-order valence-corrected chi connectivity index (χ2v) is 5.39. The zero-order chi connectivity index (χ0) is 15.4. The van der Waals surface area contributed by atoms with Crippen molar-refractivity contribution in [3.8, 4) is 11.5 Å². The molecular weight excluding hydrogens is 302 g/mol. The quantitative estimate of drug-likeness (QED) is 0.727. The second-order valence-electron chi connectivity index (χ2n) is 4.47. The number of hydrogen-bond acceptors (Lipinski definition) is 6. The van der Waals surface area contributed by atoms with Crippen LogP contribution in [0.2, 0.25) is 0 Å². The van der Waals surface area contributed by atoms with Crippen LogP contribution in [0.3, 0.4) is 0 Å². The minimum absolute atomic E-state index is 0.129. The number of rotatable bonds is 5. The van der Waals surface area contributed by atoms with Crippen LogP contribution in [0.4, 0.5) is 5.69 Å². The summed E-state index contributed by atoms with van der Waals surface area (Å²) in [5.74, 6) is 1.16. The van der Waals surface area contributed by atoms with Crippen molar-refractivity contribution >= 4 is 23.4 Å². The number of nitrogens with one attached hydrogen (secondary N) is 1. The first-order chi connectivity index (χ1) is 10.7. The summed E-state index contributed by atoms with van der Waals surface area (Å²) < 4.78 is 10.7. The standard InChI is InChI=1S/C15H13N3O3S/c1-10-12(7-8-20-10)14-17-18-15(21-14)22-9-13(19)16-11-5-3-2-4-6-11/h2-8H,9H2,1H3,(H,16,19). The second kappa shape index (κ2) is 6.48. The van der Waals surface area contributed by atoms with Gasteiger partial charge in [0.05, 0.1) is 17.6 Å². The van der Waals surface area contributed by atoms with Gasteiger partial charge in [0.1, 0.15) is 5.76 Å². The van der Waals surface area contributed by atoms with E-state index in [0.29, 0.717) is 16.9 Å². The Balaban J connectivity index is 1.57. The van der Waals surface area contributed by atoms with E-state index in [9.17, 15) is 4.79 Å². The third-order valence-corrected chi connectivity index (χ3v) is 3.70. The Morgan fingerprint density at radius 2 is 2.05 bits per heavy atom. The van der Waals surface area contributed by atoms with Gasteiger partial charge in [-0.1, -0.05) is 30.0 Å². The molecule has 0 aliphatic heterocycles. The highest BCUT2D eigenvalue weighted by molar-refractivity contribution is 7.99. The number of anilines is 1. The molecule has 1 N–H and O–H groups in total. The van der Waals surface area contributed by atoms with E-state index in [2.05, 4.69) is 15.5 Å². The highest BCUT2D eigenvalue weighted by Crippen LogP contribution is 2.26. The predicted octanol–water partition coefficient (Wildman–Crippen LogP) is 3.37. The van der Waals surface area contributed by atoms with Crippen LogP contribution in [0.1, 0.15) is 5.76 Å². The van der Waals surface area contributed by atoms with Gasteiger partial charge in [0.2, 0.25) is 5.91 Å². The maximum absolute atomic E-state index is 11.8. The molecule has 2 heterocycles. The third-order valence-electron chi connectivity index (χ3n) is 2.88. The molecule has 0 aliphatic carbocycles. The molecule has 112 valence electrons. The number of hydrogen-bond donors (Lipinski definition) is 1. The fourth-order valence-corrected chi connectivity index (χ4v) is 2.39. The summed E-state index contributed by atoms with van der Waals surface area (Å²) in [7, 11) is 0. The van der Waals surface area contributed by atoms with Gasteiger partial charge in [-0.25, -0.2) is 0 Å². The van der Waals surface area contributed by atoms with E-state index in [1.54, 1.807) is 12.3 Å². The number of thioether (sulfide) groups is 1. The third kappa shape index (κ3) is 3.37. The van der Waals surface area contributed by atoms with Crippen molar-refractivity contribution in [1.29, 1.82) is 0 Å². The molecule has 0 saturated heterocycles. The summed E-state index contributed by atoms with van der Waals surface area (Å²) in [6.45, 7) is 1.82. The zero-order valence-electron chi connectivity index (χ0n) is 11.8. The number of carbonyl (C=O) groups is 1. The van der Waals surface area contributed by atoms with Crippen molar-refractivity contribution in [1.82, 2.24) is 10.2 Å². The molecular formula is C15H13N3O3S. The smallest absolute Gasteiger partial charge is 0.277 e. The summed E-state index contributed by atoms with van der Waals surface area (Å²) >= 11 is 1.19. The summed E-state index contributed by atoms with van der Waals surface area (Å²) in [5.41, 5.74) is 1.52. The Kier molecular flexibility index (Phi) is 4.24. The van der Waals surface area contributed by atoms with Gasteiger partial charge in [-0.05, 0) is 25.1 Å². The summed E-state index contributed by atoms with van der Waals surface area (Å²) in [6, 6.07) is 11.0. The Bertz CT molecular complexity index is 767. The minimum atomic E-state index is -0.129. The van der Waals surface area contributed by atoms with Gasteiger partial charge in [-0.15, -0.1) is 10.2 Å². The highest BCUT2D eigenvalue weighted by atomic mass is 32.2. The number of aryl methyl sites for hydroxylation is 1. The van der Waals surface area contributed by atoms with Crippen LogP contribution in [0.25, 0.3) is 11.5 Å². The molecule has 0 unspecified atom stereocenters. The lowest BCUT2D eigenvalue weighted by atomic mass is 10.3. The Hall–Kier alpha value is -2.54. The van der Waals surface area contributed by atoms with Crippen LogP contribution in [0.15, 0.2) is 56.7 Å². The first-order valence-electron chi connectivity index (χ1n) is 6.58. The van der Waals surface area contributed by atoms with Crippen molar-refractivity contribution in [3.63, 3.8) is 0 Å². The van der Waals surface area contributed by atoms with Crippen LogP contribution in [0, 0.1) is 6.92 Å². The molecule has 0 atom stereocenters. The van der Waals surface area contributed by atoms with E-state index in [-0.39, 0.29) is 11.7 Å². The van der Waals surface area contributed by atoms with Crippen molar-refractivity contribution in [3.05, 3.63) is 48.4 Å². The Labute approximate surface area is 130 Å². The Morgan fingerprint density at radius 1 is 1.23 bits per heavy atom. The van der Waals surface area contributed by atoms with Crippen molar-refractivity contribution in [2.45, 2.75) is 12.1 Å². The maximum Gasteiger partial charge on any atom is 0.277 e. The molecule has 0 bridgehead atoms. The van der Waals surface area contributed by atoms with Crippen LogP contribution in [-0.2, 0) is 4.79 Å². The normalized spacial score (nSPS) is 10.6. The molecule has 0 saturated carbocycles. The van der Waals surface area contributed by atoms with E-state index in [0.717, 1.165) is 11.3 Å². The Morgan fingerprint density at radius 3 is 2.77 bits per heavy atom. The van der Waals surface area contributed by atoms with E-state index in [1.807, 2.05) is 37.3 Å². The number of nitrogens with zero attached hydrogens (tertiary/aromatic N) is 2. The fraction of sp³-hybridized carbons (Fsp3) is 0.133. The number of para-hydroxylation sites is 1. The van der Waals surface area contributed by atoms with E-state index < -0.39 is 0 Å². The predicted molar refractivity (Wildman–Crippen MR) is 82.5 cm³/mol. The lowest BCUT2D eigenvalue weighted by Gasteiger charge is -2.02. The average Bonchev–Trinajstić information content (AvgIpc) is 3.14. The maximum atomic E-state index is 11.8. The molecule has 0 fully saturated rings. The minimum Gasteiger partial charge on any atom is -0.469 e. The topological polar surface area (TPSA) is 81.2 Å². The fourth-order valence-electron chi connectivity index (χ4n) is 1.83. The van der Waals surface area contributed by atoms with E-state index >= 15 is 0 Å². The molecule has 0 aliphatic rings. The SMILES string of the molecule is Cc1occc1-c1nnc(SCC(=O)Nc2ccccc2)o1. The lowest BCUT2D eigenvalue weighted by molar-refractivity contribution is -0.113. The van der Waals surface area contributed by atoms with Crippen LogP contribution in [0.5, 0.6) is 0 Å². The van der Waals surface area contributed by atoms with Gasteiger partial charge >= 0.3 is 0 Å². The molecule has 3 aromatic rings. The molecule has 3 rings (SSSR count). The zero-order valence-corrected chi connectivity index (χ0v) is 12.6. The van der Waals surface area contributed by atoms with Crippen LogP contribution < -0.4 is 5.32 Å². The highest BCUT2D eigenvalue weighted by Gasteiger charge is 2.14. The van der Waals surface area contributed by atoms with Crippen LogP contribution >= 0.6 is 11.8 Å². The van der Waals surface area contributed by atoms with Crippen molar-refractivity contribution < 1.29 is 13.6 Å². The molecule has 1 amide bonds. The van der Waals surface area contributed by atoms with Gasteiger partial charge in [-0.2, -0.15) is 0 Å². The molecule has 1 aromatic carbocycles. The van der Waals surface area contributed by atoms with Gasteiger partial charge in [0.25, 0.3) is 11.1 Å². The van der Waals surface area contributed by atoms with Gasteiger partial charge < -0.3 is 14.2 Å². The van der Waals surface area contributed by atoms with Crippen LogP contribution in [-0.4, -0.2) is 21.9 Å². The monoisotopic (exact) mass is 315 g/mol. The molecule has 2 aromatic heterocycles. The largest absolute Gasteiger partial charge is 0.469 e. The number of aromatic nitrogens is 2. The van der Waals surface area contributed by atoms with Crippen molar-refractivity contribution in [2.24, 2.45) is 0 Å². The van der Waals surface area contributed by atoms with E-state index in [4.69, 9.17) is 8.83 Å².